The van der Waals surface area contributed by atoms with Crippen molar-refractivity contribution in [2.75, 3.05) is 6.54 Å². The van der Waals surface area contributed by atoms with Crippen LogP contribution >= 0.6 is 0 Å². The second-order valence-corrected chi connectivity index (χ2v) is 5.78. The number of aliphatic carboxylic acids is 1. The number of hydrogen-bond donors (Lipinski definition) is 3. The molecule has 1 saturated carbocycles. The van der Waals surface area contributed by atoms with Crippen molar-refractivity contribution in [1.29, 1.82) is 0 Å². The van der Waals surface area contributed by atoms with Crippen molar-refractivity contribution in [3.8, 4) is 0 Å². The molecule has 0 spiro atoms. The molecule has 2 atom stereocenters. The van der Waals surface area contributed by atoms with Gasteiger partial charge in [0.2, 0.25) is 0 Å². The molecule has 2 amide bonds. The van der Waals surface area contributed by atoms with Crippen LogP contribution in [0.2, 0.25) is 0 Å². The summed E-state index contributed by atoms with van der Waals surface area (Å²) in [7, 11) is 0. The second kappa shape index (κ2) is 6.07. The molecule has 0 aromatic carbocycles. The Morgan fingerprint density at radius 2 is 2.06 bits per heavy atom. The summed E-state index contributed by atoms with van der Waals surface area (Å²) < 4.78 is 0. The molecule has 1 rings (SSSR count). The first-order valence-corrected chi connectivity index (χ1v) is 6.64. The molecule has 1 aliphatic carbocycles. The Morgan fingerprint density at radius 3 is 2.50 bits per heavy atom. The lowest BCUT2D eigenvalue weighted by Crippen LogP contribution is -2.46. The summed E-state index contributed by atoms with van der Waals surface area (Å²) in [6.45, 7) is 6.95. The number of carbonyl (C=O) groups is 2. The highest BCUT2D eigenvalue weighted by atomic mass is 16.4. The standard InChI is InChI=1S/C13H24N2O3/c1-4-5-6-10(11(16)17)15-12(18)14-8-9-7-13(9,2)3/h9-10H,4-8H2,1-3H3,(H,16,17)(H2,14,15,18)/t9?,10-/m0/s1. The molecule has 3 N–H and O–H groups in total. The van der Waals surface area contributed by atoms with E-state index in [-0.39, 0.29) is 6.03 Å². The summed E-state index contributed by atoms with van der Waals surface area (Å²) >= 11 is 0. The van der Waals surface area contributed by atoms with E-state index in [1.165, 1.54) is 0 Å². The molecule has 1 unspecified atom stereocenters. The number of unbranched alkanes of at least 4 members (excludes halogenated alkanes) is 1. The smallest absolute Gasteiger partial charge is 0.326 e. The molecule has 104 valence electrons. The van der Waals surface area contributed by atoms with E-state index in [1.54, 1.807) is 0 Å². The van der Waals surface area contributed by atoms with E-state index in [0.717, 1.165) is 19.3 Å². The summed E-state index contributed by atoms with van der Waals surface area (Å²) in [6.07, 6.45) is 3.32. The van der Waals surface area contributed by atoms with Crippen LogP contribution in [0.3, 0.4) is 0 Å². The fourth-order valence-corrected chi connectivity index (χ4v) is 2.02. The van der Waals surface area contributed by atoms with Crippen molar-refractivity contribution >= 4 is 12.0 Å². The van der Waals surface area contributed by atoms with E-state index in [0.29, 0.717) is 24.3 Å². The Labute approximate surface area is 108 Å². The molecule has 0 aromatic rings. The Balaban J connectivity index is 2.26. The molecule has 0 aliphatic heterocycles. The molecular formula is C13H24N2O3. The summed E-state index contributed by atoms with van der Waals surface area (Å²) in [6, 6.07) is -1.15. The summed E-state index contributed by atoms with van der Waals surface area (Å²) in [5.41, 5.74) is 0.321. The van der Waals surface area contributed by atoms with Gasteiger partial charge in [0.05, 0.1) is 0 Å². The average Bonchev–Trinajstić information content (AvgIpc) is 2.89. The fraction of sp³-hybridized carbons (Fsp3) is 0.846. The van der Waals surface area contributed by atoms with Gasteiger partial charge in [0.25, 0.3) is 0 Å². The van der Waals surface area contributed by atoms with Crippen LogP contribution in [-0.4, -0.2) is 29.7 Å². The van der Waals surface area contributed by atoms with E-state index in [2.05, 4.69) is 24.5 Å². The quantitative estimate of drug-likeness (QED) is 0.651. The van der Waals surface area contributed by atoms with Crippen molar-refractivity contribution < 1.29 is 14.7 Å². The molecule has 5 heteroatoms. The molecule has 1 aliphatic rings. The van der Waals surface area contributed by atoms with Crippen LogP contribution in [0, 0.1) is 11.3 Å². The number of amides is 2. The highest BCUT2D eigenvalue weighted by Gasteiger charge is 2.45. The van der Waals surface area contributed by atoms with Gasteiger partial charge in [-0.05, 0) is 24.2 Å². The molecule has 0 aromatic heterocycles. The van der Waals surface area contributed by atoms with Gasteiger partial charge in [-0.15, -0.1) is 0 Å². The van der Waals surface area contributed by atoms with Crippen LogP contribution in [0.1, 0.15) is 46.5 Å². The van der Waals surface area contributed by atoms with E-state index < -0.39 is 12.0 Å². The first-order chi connectivity index (χ1) is 8.36. The third kappa shape index (κ3) is 4.55. The summed E-state index contributed by atoms with van der Waals surface area (Å²) in [5, 5.41) is 14.2. The maximum Gasteiger partial charge on any atom is 0.326 e. The molecule has 0 saturated heterocycles. The predicted molar refractivity (Wildman–Crippen MR) is 69.4 cm³/mol. The maximum atomic E-state index is 11.6. The molecule has 0 heterocycles. The van der Waals surface area contributed by atoms with Crippen molar-refractivity contribution in [2.45, 2.75) is 52.5 Å². The van der Waals surface area contributed by atoms with Crippen LogP contribution < -0.4 is 10.6 Å². The molecular weight excluding hydrogens is 232 g/mol. The normalized spacial score (nSPS) is 22.1. The largest absolute Gasteiger partial charge is 0.480 e. The first kappa shape index (κ1) is 14.8. The second-order valence-electron chi connectivity index (χ2n) is 5.78. The third-order valence-electron chi connectivity index (χ3n) is 3.68. The van der Waals surface area contributed by atoms with Crippen LogP contribution in [0.4, 0.5) is 4.79 Å². The molecule has 0 bridgehead atoms. The van der Waals surface area contributed by atoms with Crippen molar-refractivity contribution in [2.24, 2.45) is 11.3 Å². The Morgan fingerprint density at radius 1 is 1.44 bits per heavy atom. The van der Waals surface area contributed by atoms with E-state index in [4.69, 9.17) is 5.11 Å². The van der Waals surface area contributed by atoms with E-state index >= 15 is 0 Å². The lowest BCUT2D eigenvalue weighted by Gasteiger charge is -2.15. The zero-order valence-electron chi connectivity index (χ0n) is 11.5. The highest BCUT2D eigenvalue weighted by Crippen LogP contribution is 2.50. The van der Waals surface area contributed by atoms with Crippen LogP contribution in [-0.2, 0) is 4.79 Å². The minimum atomic E-state index is -0.967. The highest BCUT2D eigenvalue weighted by molar-refractivity contribution is 5.82. The van der Waals surface area contributed by atoms with Gasteiger partial charge < -0.3 is 15.7 Å². The molecule has 0 radical (unpaired) electrons. The number of carbonyl (C=O) groups excluding carboxylic acids is 1. The summed E-state index contributed by atoms with van der Waals surface area (Å²) in [5.74, 6) is -0.451. The fourth-order valence-electron chi connectivity index (χ4n) is 2.02. The maximum absolute atomic E-state index is 11.6. The SMILES string of the molecule is CCCC[C@H](NC(=O)NCC1CC1(C)C)C(=O)O. The van der Waals surface area contributed by atoms with Gasteiger partial charge in [-0.2, -0.15) is 0 Å². The van der Waals surface area contributed by atoms with Gasteiger partial charge in [0.15, 0.2) is 0 Å². The molecule has 5 nitrogen and oxygen atoms in total. The van der Waals surface area contributed by atoms with Crippen LogP contribution in [0.15, 0.2) is 0 Å². The Bertz CT molecular complexity index is 315. The number of carboxylic acid groups (broad SMARTS) is 1. The number of carboxylic acids is 1. The Hall–Kier alpha value is -1.26. The topological polar surface area (TPSA) is 78.4 Å². The third-order valence-corrected chi connectivity index (χ3v) is 3.68. The first-order valence-electron chi connectivity index (χ1n) is 6.64. The number of urea groups is 1. The Kier molecular flexibility index (Phi) is 4.99. The van der Waals surface area contributed by atoms with Crippen molar-refractivity contribution in [3.05, 3.63) is 0 Å². The zero-order chi connectivity index (χ0) is 13.8. The molecule has 1 fully saturated rings. The number of rotatable bonds is 7. The number of nitrogens with one attached hydrogen (secondary N) is 2. The summed E-state index contributed by atoms with van der Waals surface area (Å²) in [4.78, 5) is 22.5. The minimum absolute atomic E-state index is 0.321. The lowest BCUT2D eigenvalue weighted by atomic mass is 10.1. The van der Waals surface area contributed by atoms with Crippen LogP contribution in [0.25, 0.3) is 0 Å². The minimum Gasteiger partial charge on any atom is -0.480 e. The van der Waals surface area contributed by atoms with E-state index in [1.807, 2.05) is 6.92 Å². The predicted octanol–water partition coefficient (Wildman–Crippen LogP) is 1.98. The van der Waals surface area contributed by atoms with Gasteiger partial charge >= 0.3 is 12.0 Å². The van der Waals surface area contributed by atoms with Gasteiger partial charge in [0.1, 0.15) is 6.04 Å². The van der Waals surface area contributed by atoms with Gasteiger partial charge in [-0.3, -0.25) is 0 Å². The van der Waals surface area contributed by atoms with Crippen molar-refractivity contribution in [3.63, 3.8) is 0 Å². The monoisotopic (exact) mass is 256 g/mol. The van der Waals surface area contributed by atoms with E-state index in [9.17, 15) is 9.59 Å². The number of hydrogen-bond acceptors (Lipinski definition) is 2. The van der Waals surface area contributed by atoms with Crippen molar-refractivity contribution in [1.82, 2.24) is 10.6 Å². The lowest BCUT2D eigenvalue weighted by molar-refractivity contribution is -0.139. The molecule has 18 heavy (non-hydrogen) atoms. The van der Waals surface area contributed by atoms with Crippen LogP contribution in [0.5, 0.6) is 0 Å². The van der Waals surface area contributed by atoms with Gasteiger partial charge in [0, 0.05) is 6.54 Å². The van der Waals surface area contributed by atoms with Gasteiger partial charge in [-0.1, -0.05) is 33.6 Å². The van der Waals surface area contributed by atoms with Gasteiger partial charge in [-0.25, -0.2) is 9.59 Å². The average molecular weight is 256 g/mol. The zero-order valence-corrected chi connectivity index (χ0v) is 11.5.